The quantitative estimate of drug-likeness (QED) is 0.134. The van der Waals surface area contributed by atoms with Crippen LogP contribution in [0, 0.1) is 23.2 Å². The monoisotopic (exact) mass is 867 g/mol. The number of hydrogen-bond acceptors (Lipinski definition) is 11. The molecule has 4 amide bonds. The number of carbonyl (C=O) groups is 6. The second kappa shape index (κ2) is 21.7. The Labute approximate surface area is 363 Å². The molecular weight excluding hydrogens is 806 g/mol. The Morgan fingerprint density at radius 1 is 0.967 bits per heavy atom. The molecule has 1 unspecified atom stereocenters. The van der Waals surface area contributed by atoms with Crippen LogP contribution < -0.4 is 31.7 Å². The summed E-state index contributed by atoms with van der Waals surface area (Å²) < 4.78 is 23.3. The van der Waals surface area contributed by atoms with E-state index >= 15 is 0 Å². The molecular formula is C45H62ClN5O10. The average molecular weight is 868 g/mol. The highest BCUT2D eigenvalue weighted by Gasteiger charge is 2.48. The second-order valence-electron chi connectivity index (χ2n) is 17.3. The number of cyclic esters (lactones) is 2. The number of carbonyl (C=O) groups excluding carboxylic acids is 6. The van der Waals surface area contributed by atoms with Gasteiger partial charge in [0.05, 0.1) is 29.7 Å². The lowest BCUT2D eigenvalue weighted by atomic mass is 9.92. The molecule has 0 bridgehead atoms. The van der Waals surface area contributed by atoms with Crippen molar-refractivity contribution in [2.24, 2.45) is 28.9 Å². The fourth-order valence-corrected chi connectivity index (χ4v) is 6.95. The molecule has 2 heterocycles. The summed E-state index contributed by atoms with van der Waals surface area (Å²) in [7, 11) is 1.49. The van der Waals surface area contributed by atoms with Crippen LogP contribution in [-0.2, 0) is 55.9 Å². The van der Waals surface area contributed by atoms with Crippen molar-refractivity contribution in [3.05, 3.63) is 76.3 Å². The smallest absolute Gasteiger partial charge is 0.347 e. The SMILES string of the molecule is COc1ccc(C[C@H]2NC(=O)/C=C/C[C@@H]([C@H](C)C3O[C@@H]3c3ccc(CNC(=O)[C@H](C)NC(=O)[C@@H](N)C(C)C)cc3)OC(=O)[C@H](CC(C)C)OC(=O)C(C)(C)CNC2=O)cc1Cl. The number of hydrogen-bond donors (Lipinski definition) is 5. The van der Waals surface area contributed by atoms with E-state index in [1.54, 1.807) is 45.0 Å². The fraction of sp³-hybridized carbons (Fsp3) is 0.556. The summed E-state index contributed by atoms with van der Waals surface area (Å²) in [5.74, 6) is -3.24. The van der Waals surface area contributed by atoms with E-state index in [0.717, 1.165) is 11.1 Å². The number of halogens is 1. The van der Waals surface area contributed by atoms with Crippen LogP contribution in [0.1, 0.15) is 91.0 Å². The molecule has 334 valence electrons. The topological polar surface area (TPSA) is 217 Å². The molecule has 1 saturated heterocycles. The molecule has 6 N–H and O–H groups in total. The molecule has 0 spiro atoms. The molecule has 1 fully saturated rings. The molecule has 8 atom stereocenters. The van der Waals surface area contributed by atoms with Crippen molar-refractivity contribution in [1.29, 1.82) is 0 Å². The maximum absolute atomic E-state index is 13.8. The predicted octanol–water partition coefficient (Wildman–Crippen LogP) is 4.23. The summed E-state index contributed by atoms with van der Waals surface area (Å²) in [5.41, 5.74) is 7.02. The van der Waals surface area contributed by atoms with E-state index in [0.29, 0.717) is 16.3 Å². The largest absolute Gasteiger partial charge is 0.495 e. The number of esters is 2. The summed E-state index contributed by atoms with van der Waals surface area (Å²) in [6.45, 7) is 14.2. The Balaban J connectivity index is 1.49. The molecule has 2 aromatic carbocycles. The van der Waals surface area contributed by atoms with Crippen LogP contribution in [0.3, 0.4) is 0 Å². The average Bonchev–Trinajstić information content (AvgIpc) is 4.01. The molecule has 15 nitrogen and oxygen atoms in total. The van der Waals surface area contributed by atoms with Gasteiger partial charge < -0.3 is 45.9 Å². The van der Waals surface area contributed by atoms with E-state index in [-0.39, 0.29) is 74.1 Å². The van der Waals surface area contributed by atoms with Gasteiger partial charge in [-0.15, -0.1) is 0 Å². The van der Waals surface area contributed by atoms with Crippen LogP contribution in [0.5, 0.6) is 5.75 Å². The highest BCUT2D eigenvalue weighted by Crippen LogP contribution is 2.45. The van der Waals surface area contributed by atoms with Gasteiger partial charge in [0.2, 0.25) is 23.6 Å². The maximum atomic E-state index is 13.8. The van der Waals surface area contributed by atoms with Gasteiger partial charge in [-0.3, -0.25) is 24.0 Å². The van der Waals surface area contributed by atoms with Crippen molar-refractivity contribution in [3.63, 3.8) is 0 Å². The number of benzene rings is 2. The first kappa shape index (κ1) is 48.7. The molecule has 2 aliphatic heterocycles. The Kier molecular flexibility index (Phi) is 17.3. The van der Waals surface area contributed by atoms with E-state index < -0.39 is 59.5 Å². The lowest BCUT2D eigenvalue weighted by molar-refractivity contribution is -0.179. The highest BCUT2D eigenvalue weighted by molar-refractivity contribution is 6.32. The number of epoxide rings is 1. The summed E-state index contributed by atoms with van der Waals surface area (Å²) in [4.78, 5) is 79.3. The van der Waals surface area contributed by atoms with E-state index in [1.807, 2.05) is 58.9 Å². The van der Waals surface area contributed by atoms with Gasteiger partial charge in [-0.25, -0.2) is 4.79 Å². The number of methoxy groups -OCH3 is 1. The Bertz CT molecular complexity index is 1920. The van der Waals surface area contributed by atoms with Crippen molar-refractivity contribution in [2.75, 3.05) is 13.7 Å². The molecule has 0 aromatic heterocycles. The summed E-state index contributed by atoms with van der Waals surface area (Å²) >= 11 is 6.35. The van der Waals surface area contributed by atoms with Crippen LogP contribution in [0.15, 0.2) is 54.6 Å². The Morgan fingerprint density at radius 2 is 1.64 bits per heavy atom. The first-order valence-electron chi connectivity index (χ1n) is 20.8. The van der Waals surface area contributed by atoms with Gasteiger partial charge in [0.1, 0.15) is 30.0 Å². The highest BCUT2D eigenvalue weighted by atomic mass is 35.5. The van der Waals surface area contributed by atoms with Crippen molar-refractivity contribution >= 4 is 47.2 Å². The molecule has 61 heavy (non-hydrogen) atoms. The van der Waals surface area contributed by atoms with Gasteiger partial charge in [-0.1, -0.05) is 82.6 Å². The molecule has 0 saturated carbocycles. The van der Waals surface area contributed by atoms with Crippen molar-refractivity contribution in [2.45, 2.75) is 124 Å². The van der Waals surface area contributed by atoms with E-state index in [4.69, 9.17) is 36.3 Å². The second-order valence-corrected chi connectivity index (χ2v) is 17.7. The minimum Gasteiger partial charge on any atom is -0.495 e. The summed E-state index contributed by atoms with van der Waals surface area (Å²) in [6, 6.07) is 10.1. The van der Waals surface area contributed by atoms with Crippen LogP contribution in [0.25, 0.3) is 0 Å². The lowest BCUT2D eigenvalue weighted by Crippen LogP contribution is -2.51. The summed E-state index contributed by atoms with van der Waals surface area (Å²) in [6.07, 6.45) is 0.617. The molecule has 4 rings (SSSR count). The number of rotatable bonds is 14. The minimum atomic E-state index is -1.25. The first-order valence-corrected chi connectivity index (χ1v) is 21.1. The van der Waals surface area contributed by atoms with Gasteiger partial charge in [0.15, 0.2) is 6.10 Å². The minimum absolute atomic E-state index is 0.0317. The van der Waals surface area contributed by atoms with Crippen molar-refractivity contribution in [1.82, 2.24) is 21.3 Å². The van der Waals surface area contributed by atoms with Crippen molar-refractivity contribution < 1.29 is 47.7 Å². The van der Waals surface area contributed by atoms with E-state index in [9.17, 15) is 28.8 Å². The third-order valence-electron chi connectivity index (χ3n) is 10.8. The zero-order chi connectivity index (χ0) is 45.2. The first-order chi connectivity index (χ1) is 28.7. The molecule has 0 radical (unpaired) electrons. The normalized spacial score (nSPS) is 24.3. The number of nitrogens with one attached hydrogen (secondary N) is 4. The maximum Gasteiger partial charge on any atom is 0.347 e. The summed E-state index contributed by atoms with van der Waals surface area (Å²) in [5, 5.41) is 11.4. The molecule has 0 aliphatic carbocycles. The number of nitrogens with two attached hydrogens (primary N) is 1. The van der Waals surface area contributed by atoms with Gasteiger partial charge in [-0.2, -0.15) is 0 Å². The molecule has 16 heteroatoms. The van der Waals surface area contributed by atoms with Crippen LogP contribution >= 0.6 is 11.6 Å². The lowest BCUT2D eigenvalue weighted by Gasteiger charge is -2.29. The predicted molar refractivity (Wildman–Crippen MR) is 229 cm³/mol. The van der Waals surface area contributed by atoms with Crippen LogP contribution in [-0.4, -0.2) is 85.7 Å². The van der Waals surface area contributed by atoms with Gasteiger partial charge in [-0.05, 0) is 73.9 Å². The number of amides is 4. The standard InChI is InChI=1S/C45H62ClN5O10/c1-24(2)19-35-43(56)59-33(26(5)38-39(61-38)30-16-13-28(14-17-30)22-48-40(53)27(6)50-42(55)37(47)25(3)4)11-10-12-36(52)51-32(21-29-15-18-34(58-9)31(46)20-29)41(54)49-23-45(7,8)44(57)60-35/h10,12-18,20,24-27,32-33,35,37-39H,11,19,21-23,47H2,1-9H3,(H,48,53)(H,49,54)(H,50,55)(H,51,52)/b12-10+/t26-,27-,32+,33-,35-,37-,38?,39+/m0/s1. The molecule has 2 aromatic rings. The van der Waals surface area contributed by atoms with Crippen molar-refractivity contribution in [3.8, 4) is 5.75 Å². The molecule has 2 aliphatic rings. The van der Waals surface area contributed by atoms with E-state index in [1.165, 1.54) is 13.2 Å². The van der Waals surface area contributed by atoms with Gasteiger partial charge in [0.25, 0.3) is 0 Å². The number of ether oxygens (including phenoxy) is 4. The van der Waals surface area contributed by atoms with Gasteiger partial charge in [0, 0.05) is 31.8 Å². The third kappa shape index (κ3) is 14.0. The van der Waals surface area contributed by atoms with Crippen LogP contribution in [0.4, 0.5) is 0 Å². The third-order valence-corrected chi connectivity index (χ3v) is 11.1. The zero-order valence-electron chi connectivity index (χ0n) is 36.5. The Hall–Kier alpha value is -4.99. The fourth-order valence-electron chi connectivity index (χ4n) is 6.67. The Morgan fingerprint density at radius 3 is 2.26 bits per heavy atom. The zero-order valence-corrected chi connectivity index (χ0v) is 37.3. The van der Waals surface area contributed by atoms with E-state index in [2.05, 4.69) is 21.3 Å². The van der Waals surface area contributed by atoms with Gasteiger partial charge >= 0.3 is 11.9 Å². The van der Waals surface area contributed by atoms with Crippen LogP contribution in [0.2, 0.25) is 5.02 Å².